The first kappa shape index (κ1) is 16.5. The highest BCUT2D eigenvalue weighted by Gasteiger charge is 2.18. The van der Waals surface area contributed by atoms with Crippen molar-refractivity contribution in [3.63, 3.8) is 0 Å². The van der Waals surface area contributed by atoms with Gasteiger partial charge >= 0.3 is 0 Å². The Morgan fingerprint density at radius 3 is 2.81 bits per heavy atom. The normalized spacial score (nSPS) is 15.3. The molecule has 1 amide bonds. The van der Waals surface area contributed by atoms with Crippen LogP contribution in [0.5, 0.6) is 0 Å². The Morgan fingerprint density at radius 2 is 2.00 bits per heavy atom. The van der Waals surface area contributed by atoms with Gasteiger partial charge in [0.1, 0.15) is 0 Å². The third-order valence-corrected chi connectivity index (χ3v) is 4.94. The molecule has 2 N–H and O–H groups in total. The van der Waals surface area contributed by atoms with Crippen molar-refractivity contribution in [2.75, 3.05) is 18.4 Å². The van der Waals surface area contributed by atoms with Crippen molar-refractivity contribution in [2.24, 2.45) is 7.05 Å². The SMILES string of the molecule is Cn1c(=O)ccc2c(NC(=O)c3ccn(C4CCNCC4)n3)cccc21. The number of hydrogen-bond acceptors (Lipinski definition) is 4. The van der Waals surface area contributed by atoms with Crippen LogP contribution in [0.25, 0.3) is 10.9 Å². The smallest absolute Gasteiger partial charge is 0.276 e. The van der Waals surface area contributed by atoms with Crippen LogP contribution in [-0.2, 0) is 7.05 Å². The maximum Gasteiger partial charge on any atom is 0.276 e. The molecule has 3 heterocycles. The lowest BCUT2D eigenvalue weighted by Gasteiger charge is -2.22. The summed E-state index contributed by atoms with van der Waals surface area (Å²) in [5.74, 6) is -0.251. The minimum absolute atomic E-state index is 0.0818. The molecule has 1 saturated heterocycles. The van der Waals surface area contributed by atoms with E-state index in [1.54, 1.807) is 23.7 Å². The average Bonchev–Trinajstić information content (AvgIpc) is 3.16. The molecule has 7 nitrogen and oxygen atoms in total. The van der Waals surface area contributed by atoms with Gasteiger partial charge in [0, 0.05) is 24.7 Å². The zero-order chi connectivity index (χ0) is 18.1. The third kappa shape index (κ3) is 3.01. The molecule has 0 spiro atoms. The highest BCUT2D eigenvalue weighted by molar-refractivity contribution is 6.07. The van der Waals surface area contributed by atoms with Crippen molar-refractivity contribution in [1.82, 2.24) is 19.7 Å². The largest absolute Gasteiger partial charge is 0.320 e. The number of nitrogens with one attached hydrogen (secondary N) is 2. The Kier molecular flexibility index (Phi) is 4.30. The Balaban J connectivity index is 1.59. The van der Waals surface area contributed by atoms with Gasteiger partial charge in [-0.15, -0.1) is 0 Å². The van der Waals surface area contributed by atoms with Crippen molar-refractivity contribution in [3.8, 4) is 0 Å². The van der Waals surface area contributed by atoms with Crippen molar-refractivity contribution in [3.05, 3.63) is 58.6 Å². The molecule has 1 fully saturated rings. The van der Waals surface area contributed by atoms with Crippen LogP contribution in [0.2, 0.25) is 0 Å². The van der Waals surface area contributed by atoms with Crippen LogP contribution in [-0.4, -0.2) is 33.3 Å². The van der Waals surface area contributed by atoms with Gasteiger partial charge in [-0.1, -0.05) is 6.07 Å². The molecule has 1 aliphatic rings. The van der Waals surface area contributed by atoms with Crippen LogP contribution in [0, 0.1) is 0 Å². The molecular formula is C19H21N5O2. The molecule has 0 aliphatic carbocycles. The monoisotopic (exact) mass is 351 g/mol. The molecule has 1 aliphatic heterocycles. The van der Waals surface area contributed by atoms with Gasteiger partial charge in [0.2, 0.25) is 0 Å². The number of aryl methyl sites for hydroxylation is 1. The number of pyridine rings is 1. The van der Waals surface area contributed by atoms with E-state index in [-0.39, 0.29) is 11.5 Å². The lowest BCUT2D eigenvalue weighted by molar-refractivity contribution is 0.102. The molecule has 0 atom stereocenters. The average molecular weight is 351 g/mol. The van der Waals surface area contributed by atoms with Gasteiger partial charge in [-0.05, 0) is 50.2 Å². The second-order valence-corrected chi connectivity index (χ2v) is 6.59. The summed E-state index contributed by atoms with van der Waals surface area (Å²) in [5.41, 5.74) is 1.75. The summed E-state index contributed by atoms with van der Waals surface area (Å²) in [6.07, 6.45) is 3.90. The molecule has 4 rings (SSSR count). The summed E-state index contributed by atoms with van der Waals surface area (Å²) < 4.78 is 3.46. The van der Waals surface area contributed by atoms with Crippen LogP contribution in [0.4, 0.5) is 5.69 Å². The van der Waals surface area contributed by atoms with Crippen LogP contribution >= 0.6 is 0 Å². The van der Waals surface area contributed by atoms with Gasteiger partial charge < -0.3 is 15.2 Å². The number of carbonyl (C=O) groups excluding carboxylic acids is 1. The quantitative estimate of drug-likeness (QED) is 0.755. The number of amides is 1. The summed E-state index contributed by atoms with van der Waals surface area (Å²) in [4.78, 5) is 24.4. The molecule has 0 saturated carbocycles. The summed E-state index contributed by atoms with van der Waals surface area (Å²) in [6.45, 7) is 1.95. The summed E-state index contributed by atoms with van der Waals surface area (Å²) in [6, 6.07) is 10.8. The van der Waals surface area contributed by atoms with Gasteiger partial charge in [-0.25, -0.2) is 0 Å². The van der Waals surface area contributed by atoms with Crippen molar-refractivity contribution in [2.45, 2.75) is 18.9 Å². The number of aromatic nitrogens is 3. The first-order valence-electron chi connectivity index (χ1n) is 8.79. The van der Waals surface area contributed by atoms with Gasteiger partial charge in [0.25, 0.3) is 11.5 Å². The number of nitrogens with zero attached hydrogens (tertiary/aromatic N) is 3. The van der Waals surface area contributed by atoms with E-state index in [4.69, 9.17) is 0 Å². The number of anilines is 1. The molecule has 1 aromatic carbocycles. The highest BCUT2D eigenvalue weighted by atomic mass is 16.2. The number of piperidine rings is 1. The van der Waals surface area contributed by atoms with E-state index in [0.717, 1.165) is 36.8 Å². The Labute approximate surface area is 150 Å². The minimum atomic E-state index is -0.251. The molecule has 134 valence electrons. The number of fused-ring (bicyclic) bond motifs is 1. The molecule has 7 heteroatoms. The van der Waals surface area contributed by atoms with E-state index in [9.17, 15) is 9.59 Å². The molecule has 0 bridgehead atoms. The Hall–Kier alpha value is -2.93. The summed E-state index contributed by atoms with van der Waals surface area (Å²) in [5, 5.41) is 11.5. The number of rotatable bonds is 3. The maximum absolute atomic E-state index is 12.6. The fourth-order valence-electron chi connectivity index (χ4n) is 3.43. The number of benzene rings is 1. The van der Waals surface area contributed by atoms with Gasteiger partial charge in [0.15, 0.2) is 5.69 Å². The standard InChI is InChI=1S/C19H21N5O2/c1-23-17-4-2-3-15(14(17)5-6-18(23)25)21-19(26)16-9-12-24(22-16)13-7-10-20-11-8-13/h2-6,9,12-13,20H,7-8,10-11H2,1H3,(H,21,26). The van der Waals surface area contributed by atoms with E-state index in [1.165, 1.54) is 6.07 Å². The van der Waals surface area contributed by atoms with Crippen molar-refractivity contribution < 1.29 is 4.79 Å². The highest BCUT2D eigenvalue weighted by Crippen LogP contribution is 2.23. The van der Waals surface area contributed by atoms with E-state index in [0.29, 0.717) is 17.4 Å². The third-order valence-electron chi connectivity index (χ3n) is 4.94. The first-order chi connectivity index (χ1) is 12.6. The fourth-order valence-corrected chi connectivity index (χ4v) is 3.43. The lowest BCUT2D eigenvalue weighted by Crippen LogP contribution is -2.29. The minimum Gasteiger partial charge on any atom is -0.320 e. The number of hydrogen-bond donors (Lipinski definition) is 2. The van der Waals surface area contributed by atoms with E-state index < -0.39 is 0 Å². The van der Waals surface area contributed by atoms with Crippen LogP contribution in [0.15, 0.2) is 47.4 Å². The maximum atomic E-state index is 12.6. The van der Waals surface area contributed by atoms with Gasteiger partial charge in [-0.2, -0.15) is 5.10 Å². The molecule has 0 radical (unpaired) electrons. The van der Waals surface area contributed by atoms with Crippen molar-refractivity contribution in [1.29, 1.82) is 0 Å². The zero-order valence-corrected chi connectivity index (χ0v) is 14.6. The number of carbonyl (C=O) groups is 1. The van der Waals surface area contributed by atoms with E-state index in [2.05, 4.69) is 15.7 Å². The van der Waals surface area contributed by atoms with Crippen LogP contribution in [0.1, 0.15) is 29.4 Å². The van der Waals surface area contributed by atoms with Crippen LogP contribution < -0.4 is 16.2 Å². The molecule has 0 unspecified atom stereocenters. The topological polar surface area (TPSA) is 81.0 Å². The predicted octanol–water partition coefficient (Wildman–Crippen LogP) is 1.91. The van der Waals surface area contributed by atoms with E-state index in [1.807, 2.05) is 29.1 Å². The van der Waals surface area contributed by atoms with Gasteiger partial charge in [-0.3, -0.25) is 14.3 Å². The lowest BCUT2D eigenvalue weighted by atomic mass is 10.1. The summed E-state index contributed by atoms with van der Waals surface area (Å²) >= 11 is 0. The second kappa shape index (κ2) is 6.76. The first-order valence-corrected chi connectivity index (χ1v) is 8.79. The van der Waals surface area contributed by atoms with Crippen molar-refractivity contribution >= 4 is 22.5 Å². The summed E-state index contributed by atoms with van der Waals surface area (Å²) in [7, 11) is 1.72. The Morgan fingerprint density at radius 1 is 1.19 bits per heavy atom. The van der Waals surface area contributed by atoms with Gasteiger partial charge in [0.05, 0.1) is 17.2 Å². The van der Waals surface area contributed by atoms with Crippen LogP contribution in [0.3, 0.4) is 0 Å². The molecule has 26 heavy (non-hydrogen) atoms. The predicted molar refractivity (Wildman–Crippen MR) is 101 cm³/mol. The Bertz CT molecular complexity index is 1010. The molecule has 2 aromatic heterocycles. The molecule has 3 aromatic rings. The fraction of sp³-hybridized carbons (Fsp3) is 0.316. The zero-order valence-electron chi connectivity index (χ0n) is 14.6. The van der Waals surface area contributed by atoms with E-state index >= 15 is 0 Å². The molecular weight excluding hydrogens is 330 g/mol. The second-order valence-electron chi connectivity index (χ2n) is 6.59.